The molecule has 2 aliphatic rings. The van der Waals surface area contributed by atoms with E-state index in [1.165, 1.54) is 47.6 Å². The molecule has 1 amide bonds. The third-order valence-electron chi connectivity index (χ3n) is 5.02. The van der Waals surface area contributed by atoms with Crippen molar-refractivity contribution in [2.24, 2.45) is 0 Å². The highest BCUT2D eigenvalue weighted by molar-refractivity contribution is 7.91. The number of carbonyl (C=O) groups is 2. The van der Waals surface area contributed by atoms with E-state index in [0.29, 0.717) is 5.56 Å². The van der Waals surface area contributed by atoms with Crippen molar-refractivity contribution in [1.82, 2.24) is 4.90 Å². The Morgan fingerprint density at radius 2 is 1.93 bits per heavy atom. The van der Waals surface area contributed by atoms with E-state index < -0.39 is 45.2 Å². The lowest BCUT2D eigenvalue weighted by molar-refractivity contribution is -0.131. The largest absolute Gasteiger partial charge is 0.503 e. The van der Waals surface area contributed by atoms with Crippen LogP contribution >= 0.6 is 0 Å². The van der Waals surface area contributed by atoms with Gasteiger partial charge in [0.25, 0.3) is 5.91 Å². The van der Waals surface area contributed by atoms with Gasteiger partial charge in [-0.2, -0.15) is 0 Å². The number of benzene rings is 1. The van der Waals surface area contributed by atoms with E-state index in [4.69, 9.17) is 4.42 Å². The van der Waals surface area contributed by atoms with Crippen LogP contribution in [-0.4, -0.2) is 47.7 Å². The second kappa shape index (κ2) is 6.59. The predicted molar refractivity (Wildman–Crippen MR) is 95.7 cm³/mol. The van der Waals surface area contributed by atoms with Crippen molar-refractivity contribution in [1.29, 1.82) is 0 Å². The van der Waals surface area contributed by atoms with E-state index in [2.05, 4.69) is 0 Å². The van der Waals surface area contributed by atoms with Gasteiger partial charge >= 0.3 is 0 Å². The van der Waals surface area contributed by atoms with Crippen molar-refractivity contribution in [3.8, 4) is 0 Å². The first-order chi connectivity index (χ1) is 13.3. The van der Waals surface area contributed by atoms with Crippen LogP contribution in [0.5, 0.6) is 0 Å². The van der Waals surface area contributed by atoms with Crippen molar-refractivity contribution < 1.29 is 31.9 Å². The molecule has 9 heteroatoms. The van der Waals surface area contributed by atoms with Crippen LogP contribution < -0.4 is 0 Å². The van der Waals surface area contributed by atoms with Crippen molar-refractivity contribution in [2.75, 3.05) is 11.5 Å². The zero-order valence-electron chi connectivity index (χ0n) is 14.5. The average Bonchev–Trinajstić information content (AvgIpc) is 3.35. The second-order valence-electron chi connectivity index (χ2n) is 6.79. The first kappa shape index (κ1) is 18.4. The number of hydrogen-bond acceptors (Lipinski definition) is 6. The summed E-state index contributed by atoms with van der Waals surface area (Å²) in [7, 11) is -3.32. The molecule has 2 aliphatic heterocycles. The van der Waals surface area contributed by atoms with Crippen LogP contribution in [0.4, 0.5) is 4.39 Å². The molecule has 4 rings (SSSR count). The Kier molecular flexibility index (Phi) is 4.34. The summed E-state index contributed by atoms with van der Waals surface area (Å²) >= 11 is 0. The van der Waals surface area contributed by atoms with Crippen LogP contribution in [0.3, 0.4) is 0 Å². The summed E-state index contributed by atoms with van der Waals surface area (Å²) < 4.78 is 42.4. The molecule has 2 atom stereocenters. The maximum Gasteiger partial charge on any atom is 0.290 e. The van der Waals surface area contributed by atoms with Crippen LogP contribution in [0, 0.1) is 5.82 Å². The average molecular weight is 405 g/mol. The van der Waals surface area contributed by atoms with Gasteiger partial charge in [-0.3, -0.25) is 9.59 Å². The first-order valence-electron chi connectivity index (χ1n) is 8.58. The fourth-order valence-electron chi connectivity index (χ4n) is 3.74. The van der Waals surface area contributed by atoms with Crippen LogP contribution in [-0.2, 0) is 14.6 Å². The minimum absolute atomic E-state index is 0.0673. The van der Waals surface area contributed by atoms with E-state index in [1.54, 1.807) is 0 Å². The third kappa shape index (κ3) is 3.01. The number of amides is 1. The van der Waals surface area contributed by atoms with Gasteiger partial charge in [-0.05, 0) is 36.2 Å². The van der Waals surface area contributed by atoms with Gasteiger partial charge in [-0.15, -0.1) is 0 Å². The second-order valence-corrected chi connectivity index (χ2v) is 9.02. The normalized spacial score (nSPS) is 24.2. The Morgan fingerprint density at radius 3 is 2.50 bits per heavy atom. The monoisotopic (exact) mass is 405 g/mol. The summed E-state index contributed by atoms with van der Waals surface area (Å²) in [5.74, 6) is -3.18. The Balaban J connectivity index is 1.82. The number of furan rings is 1. The van der Waals surface area contributed by atoms with Gasteiger partial charge in [0.15, 0.2) is 21.4 Å². The topological polar surface area (TPSA) is 105 Å². The third-order valence-corrected chi connectivity index (χ3v) is 6.77. The SMILES string of the molecule is O=C(C1=C(O)C(=O)N(C2CCS(=O)(=O)C2)C1c1ccc(F)cc1)c1ccco1. The maximum atomic E-state index is 13.4. The zero-order valence-corrected chi connectivity index (χ0v) is 15.4. The van der Waals surface area contributed by atoms with Gasteiger partial charge in [0, 0.05) is 6.04 Å². The molecule has 3 heterocycles. The lowest BCUT2D eigenvalue weighted by atomic mass is 9.94. The molecule has 0 aliphatic carbocycles. The molecule has 0 radical (unpaired) electrons. The maximum absolute atomic E-state index is 13.4. The number of hydrogen-bond donors (Lipinski definition) is 1. The number of ketones is 1. The van der Waals surface area contributed by atoms with E-state index >= 15 is 0 Å². The summed E-state index contributed by atoms with van der Waals surface area (Å²) in [6.45, 7) is 0. The van der Waals surface area contributed by atoms with Crippen LogP contribution in [0.25, 0.3) is 0 Å². The van der Waals surface area contributed by atoms with Crippen molar-refractivity contribution in [2.45, 2.75) is 18.5 Å². The highest BCUT2D eigenvalue weighted by Gasteiger charge is 2.49. The quantitative estimate of drug-likeness (QED) is 0.782. The molecule has 1 fully saturated rings. The lowest BCUT2D eigenvalue weighted by Crippen LogP contribution is -2.41. The molecular weight excluding hydrogens is 389 g/mol. The number of nitrogens with zero attached hydrogens (tertiary/aromatic N) is 1. The molecule has 1 N–H and O–H groups in total. The molecule has 0 spiro atoms. The van der Waals surface area contributed by atoms with E-state index in [0.717, 1.165) is 0 Å². The van der Waals surface area contributed by atoms with Crippen LogP contribution in [0.15, 0.2) is 58.4 Å². The van der Waals surface area contributed by atoms with E-state index in [1.807, 2.05) is 0 Å². The Bertz CT molecular complexity index is 1070. The van der Waals surface area contributed by atoms with E-state index in [9.17, 15) is 27.5 Å². The standard InChI is InChI=1S/C19H16FNO6S/c20-12-5-3-11(4-6-12)16-15(17(22)14-2-1-8-27-14)18(23)19(24)21(16)13-7-9-28(25,26)10-13/h1-6,8,13,16,23H,7,9-10H2. The van der Waals surface area contributed by atoms with Gasteiger partial charge in [0.2, 0.25) is 5.78 Å². The molecule has 28 heavy (non-hydrogen) atoms. The Hall–Kier alpha value is -2.94. The fraction of sp³-hybridized carbons (Fsp3) is 0.263. The molecule has 1 aromatic heterocycles. The molecule has 0 saturated carbocycles. The molecule has 0 bridgehead atoms. The Labute approximate surface area is 160 Å². The summed E-state index contributed by atoms with van der Waals surface area (Å²) in [4.78, 5) is 26.9. The predicted octanol–water partition coefficient (Wildman–Crippen LogP) is 2.18. The number of rotatable bonds is 4. The number of carbonyl (C=O) groups excluding carboxylic acids is 2. The minimum atomic E-state index is -3.32. The highest BCUT2D eigenvalue weighted by Crippen LogP contribution is 2.42. The number of Topliss-reactive ketones (excluding diaryl/α,β-unsaturated/α-hetero) is 1. The van der Waals surface area contributed by atoms with Gasteiger partial charge in [0.1, 0.15) is 5.82 Å². The van der Waals surface area contributed by atoms with Crippen molar-refractivity contribution in [3.63, 3.8) is 0 Å². The lowest BCUT2D eigenvalue weighted by Gasteiger charge is -2.31. The van der Waals surface area contributed by atoms with Crippen LogP contribution in [0.1, 0.15) is 28.6 Å². The van der Waals surface area contributed by atoms with Crippen LogP contribution in [0.2, 0.25) is 0 Å². The summed E-state index contributed by atoms with van der Waals surface area (Å²) in [5.41, 5.74) is 0.175. The molecular formula is C19H16FNO6S. The molecule has 146 valence electrons. The summed E-state index contributed by atoms with van der Waals surface area (Å²) in [5, 5.41) is 10.5. The van der Waals surface area contributed by atoms with E-state index in [-0.39, 0.29) is 29.3 Å². The van der Waals surface area contributed by atoms with Crippen molar-refractivity contribution >= 4 is 21.5 Å². The first-order valence-corrected chi connectivity index (χ1v) is 10.4. The molecule has 7 nitrogen and oxygen atoms in total. The van der Waals surface area contributed by atoms with Gasteiger partial charge in [-0.25, -0.2) is 12.8 Å². The Morgan fingerprint density at radius 1 is 1.21 bits per heavy atom. The zero-order chi connectivity index (χ0) is 20.1. The minimum Gasteiger partial charge on any atom is -0.503 e. The fourth-order valence-corrected chi connectivity index (χ4v) is 5.45. The highest BCUT2D eigenvalue weighted by atomic mass is 32.2. The smallest absolute Gasteiger partial charge is 0.290 e. The molecule has 1 aromatic carbocycles. The van der Waals surface area contributed by atoms with Gasteiger partial charge < -0.3 is 14.4 Å². The van der Waals surface area contributed by atoms with Crippen molar-refractivity contribution in [3.05, 3.63) is 71.1 Å². The number of aliphatic hydroxyl groups excluding tert-OH is 1. The number of halogens is 1. The number of aliphatic hydroxyl groups is 1. The summed E-state index contributed by atoms with van der Waals surface area (Å²) in [6, 6.07) is 6.31. The van der Waals surface area contributed by atoms with Gasteiger partial charge in [-0.1, -0.05) is 12.1 Å². The number of sulfone groups is 1. The molecule has 1 saturated heterocycles. The van der Waals surface area contributed by atoms with Gasteiger partial charge in [0.05, 0.1) is 29.4 Å². The molecule has 2 unspecified atom stereocenters. The summed E-state index contributed by atoms with van der Waals surface area (Å²) in [6.07, 6.45) is 1.48. The molecule has 2 aromatic rings.